The van der Waals surface area contributed by atoms with Crippen LogP contribution in [0.5, 0.6) is 5.75 Å². The van der Waals surface area contributed by atoms with Crippen LogP contribution in [0, 0.1) is 0 Å². The first-order valence-corrected chi connectivity index (χ1v) is 6.92. The fourth-order valence-electron chi connectivity index (χ4n) is 2.14. The van der Waals surface area contributed by atoms with Crippen LogP contribution in [-0.2, 0) is 11.8 Å². The molecule has 0 unspecified atom stereocenters. The number of phenols is 1. The molecule has 6 heteroatoms. The fourth-order valence-corrected chi connectivity index (χ4v) is 3.23. The molecule has 0 radical (unpaired) electrons. The Balaban J connectivity index is 2.06. The number of phenolic OH excluding ortho intramolecular Hbond substituents is 1. The molecule has 3 rings (SSSR count). The van der Waals surface area contributed by atoms with Crippen molar-refractivity contribution in [2.75, 3.05) is 11.1 Å². The molecule has 0 saturated heterocycles. The molecular formula is C13H13N3O2S. The highest BCUT2D eigenvalue weighted by atomic mass is 32.2. The predicted molar refractivity (Wildman–Crippen MR) is 74.2 cm³/mol. The molecule has 1 atom stereocenters. The van der Waals surface area contributed by atoms with E-state index in [1.165, 1.54) is 0 Å². The van der Waals surface area contributed by atoms with Crippen molar-refractivity contribution in [2.45, 2.75) is 5.25 Å². The lowest BCUT2D eigenvalue weighted by atomic mass is 10.1. The largest absolute Gasteiger partial charge is 0.508 e. The highest BCUT2D eigenvalue weighted by molar-refractivity contribution is 8.00. The topological polar surface area (TPSA) is 67.2 Å². The quantitative estimate of drug-likeness (QED) is 0.834. The Kier molecular flexibility index (Phi) is 2.94. The van der Waals surface area contributed by atoms with Crippen LogP contribution in [0.3, 0.4) is 0 Å². The monoisotopic (exact) mass is 275 g/mol. The molecule has 1 aliphatic rings. The second-order valence-corrected chi connectivity index (χ2v) is 5.50. The minimum atomic E-state index is -0.0175. The second kappa shape index (κ2) is 4.62. The normalized spacial score (nSPS) is 18.6. The molecule has 0 bridgehead atoms. The van der Waals surface area contributed by atoms with E-state index in [1.54, 1.807) is 34.8 Å². The van der Waals surface area contributed by atoms with Gasteiger partial charge < -0.3 is 10.4 Å². The number of thioether (sulfide) groups is 1. The van der Waals surface area contributed by atoms with Gasteiger partial charge in [-0.3, -0.25) is 9.48 Å². The second-order valence-electron chi connectivity index (χ2n) is 4.40. The highest BCUT2D eigenvalue weighted by Gasteiger charge is 2.26. The summed E-state index contributed by atoms with van der Waals surface area (Å²) < 4.78 is 1.67. The lowest BCUT2D eigenvalue weighted by Gasteiger charge is -2.13. The summed E-state index contributed by atoms with van der Waals surface area (Å²) in [6.45, 7) is 0. The van der Waals surface area contributed by atoms with E-state index in [2.05, 4.69) is 10.4 Å². The number of anilines is 1. The SMILES string of the molecule is Cn1ncc2c1NC(=O)CS[C@H]2c1ccc(O)cc1. The van der Waals surface area contributed by atoms with Crippen molar-refractivity contribution in [3.8, 4) is 5.75 Å². The van der Waals surface area contributed by atoms with Gasteiger partial charge in [0.05, 0.1) is 17.2 Å². The molecule has 2 aromatic rings. The number of aromatic hydroxyl groups is 1. The van der Waals surface area contributed by atoms with Crippen LogP contribution in [0.15, 0.2) is 30.5 Å². The summed E-state index contributed by atoms with van der Waals surface area (Å²) in [5.41, 5.74) is 2.04. The molecule has 1 aromatic carbocycles. The van der Waals surface area contributed by atoms with Crippen LogP contribution in [0.4, 0.5) is 5.82 Å². The molecule has 2 N–H and O–H groups in total. The first kappa shape index (κ1) is 12.1. The van der Waals surface area contributed by atoms with Crippen LogP contribution in [-0.4, -0.2) is 26.5 Å². The average molecular weight is 275 g/mol. The van der Waals surface area contributed by atoms with Crippen molar-refractivity contribution in [1.82, 2.24) is 9.78 Å². The Hall–Kier alpha value is -1.95. The summed E-state index contributed by atoms with van der Waals surface area (Å²) in [5.74, 6) is 1.37. The number of aromatic nitrogens is 2. The molecule has 1 aromatic heterocycles. The van der Waals surface area contributed by atoms with Crippen LogP contribution in [0.2, 0.25) is 0 Å². The number of nitrogens with one attached hydrogen (secondary N) is 1. The Labute approximate surface area is 114 Å². The molecule has 0 fully saturated rings. The summed E-state index contributed by atoms with van der Waals surface area (Å²) in [4.78, 5) is 11.7. The molecule has 0 aliphatic carbocycles. The number of amides is 1. The fraction of sp³-hybridized carbons (Fsp3) is 0.231. The van der Waals surface area contributed by atoms with Gasteiger partial charge in [0.2, 0.25) is 5.91 Å². The zero-order chi connectivity index (χ0) is 13.4. The first-order chi connectivity index (χ1) is 9.15. The maximum atomic E-state index is 11.7. The summed E-state index contributed by atoms with van der Waals surface area (Å²) in [5, 5.41) is 16.5. The van der Waals surface area contributed by atoms with Crippen molar-refractivity contribution in [3.05, 3.63) is 41.6 Å². The third kappa shape index (κ3) is 2.19. The Morgan fingerprint density at radius 1 is 1.42 bits per heavy atom. The molecule has 1 amide bonds. The van der Waals surface area contributed by atoms with E-state index in [9.17, 15) is 9.90 Å². The molecule has 19 heavy (non-hydrogen) atoms. The lowest BCUT2D eigenvalue weighted by molar-refractivity contribution is -0.113. The van der Waals surface area contributed by atoms with Crippen LogP contribution in [0.1, 0.15) is 16.4 Å². The standard InChI is InChI=1S/C13H13N3O2S/c1-16-13-10(6-14-16)12(19-7-11(18)15-13)8-2-4-9(17)5-3-8/h2-6,12,17H,7H2,1H3,(H,15,18)/t12-/m0/s1. The van der Waals surface area contributed by atoms with Gasteiger partial charge in [-0.05, 0) is 17.7 Å². The maximum Gasteiger partial charge on any atom is 0.235 e. The zero-order valence-electron chi connectivity index (χ0n) is 10.3. The van der Waals surface area contributed by atoms with Gasteiger partial charge in [-0.25, -0.2) is 0 Å². The van der Waals surface area contributed by atoms with Crippen LogP contribution >= 0.6 is 11.8 Å². The van der Waals surface area contributed by atoms with Crippen LogP contribution in [0.25, 0.3) is 0 Å². The van der Waals surface area contributed by atoms with Gasteiger partial charge in [-0.15, -0.1) is 11.8 Å². The van der Waals surface area contributed by atoms with Crippen LogP contribution < -0.4 is 5.32 Å². The van der Waals surface area contributed by atoms with Gasteiger partial charge in [-0.2, -0.15) is 5.10 Å². The minimum Gasteiger partial charge on any atom is -0.508 e. The maximum absolute atomic E-state index is 11.7. The lowest BCUT2D eigenvalue weighted by Crippen LogP contribution is -2.15. The summed E-state index contributed by atoms with van der Waals surface area (Å²) >= 11 is 1.56. The van der Waals surface area contributed by atoms with E-state index in [0.717, 1.165) is 16.9 Å². The van der Waals surface area contributed by atoms with Crippen molar-refractivity contribution in [1.29, 1.82) is 0 Å². The van der Waals surface area contributed by atoms with Crippen molar-refractivity contribution in [3.63, 3.8) is 0 Å². The molecule has 1 aliphatic heterocycles. The minimum absolute atomic E-state index is 0.0175. The predicted octanol–water partition coefficient (Wildman–Crippen LogP) is 1.90. The highest BCUT2D eigenvalue weighted by Crippen LogP contribution is 2.41. The Morgan fingerprint density at radius 3 is 2.89 bits per heavy atom. The molecular weight excluding hydrogens is 262 g/mol. The number of aryl methyl sites for hydroxylation is 1. The summed E-state index contributed by atoms with van der Waals surface area (Å²) in [6.07, 6.45) is 1.78. The average Bonchev–Trinajstić information content (AvgIpc) is 2.65. The van der Waals surface area contributed by atoms with E-state index >= 15 is 0 Å². The van der Waals surface area contributed by atoms with E-state index in [4.69, 9.17) is 0 Å². The van der Waals surface area contributed by atoms with E-state index in [1.807, 2.05) is 19.2 Å². The third-order valence-electron chi connectivity index (χ3n) is 3.08. The van der Waals surface area contributed by atoms with Gasteiger partial charge in [0.25, 0.3) is 0 Å². The van der Waals surface area contributed by atoms with Gasteiger partial charge in [0.15, 0.2) is 0 Å². The molecule has 0 spiro atoms. The van der Waals surface area contributed by atoms with E-state index in [-0.39, 0.29) is 16.9 Å². The van der Waals surface area contributed by atoms with Gasteiger partial charge in [0, 0.05) is 12.6 Å². The van der Waals surface area contributed by atoms with Crippen molar-refractivity contribution in [2.24, 2.45) is 7.05 Å². The molecule has 5 nitrogen and oxygen atoms in total. The molecule has 98 valence electrons. The number of benzene rings is 1. The molecule has 2 heterocycles. The number of fused-ring (bicyclic) bond motifs is 1. The summed E-state index contributed by atoms with van der Waals surface area (Å²) in [6, 6.07) is 7.07. The number of nitrogens with zero attached hydrogens (tertiary/aromatic N) is 2. The molecule has 0 saturated carbocycles. The van der Waals surface area contributed by atoms with Gasteiger partial charge in [0.1, 0.15) is 11.6 Å². The smallest absolute Gasteiger partial charge is 0.235 e. The van der Waals surface area contributed by atoms with Crippen molar-refractivity contribution < 1.29 is 9.90 Å². The van der Waals surface area contributed by atoms with Crippen molar-refractivity contribution >= 4 is 23.5 Å². The Bertz CT molecular complexity index is 621. The number of rotatable bonds is 1. The Morgan fingerprint density at radius 2 is 2.16 bits per heavy atom. The summed E-state index contributed by atoms with van der Waals surface area (Å²) in [7, 11) is 1.81. The number of hydrogen-bond acceptors (Lipinski definition) is 4. The number of carbonyl (C=O) groups is 1. The number of carbonyl (C=O) groups excluding carboxylic acids is 1. The van der Waals surface area contributed by atoms with Gasteiger partial charge >= 0.3 is 0 Å². The first-order valence-electron chi connectivity index (χ1n) is 5.87. The third-order valence-corrected chi connectivity index (χ3v) is 4.37. The van der Waals surface area contributed by atoms with E-state index < -0.39 is 0 Å². The zero-order valence-corrected chi connectivity index (χ0v) is 11.1. The van der Waals surface area contributed by atoms with E-state index in [0.29, 0.717) is 5.75 Å². The number of hydrogen-bond donors (Lipinski definition) is 2. The van der Waals surface area contributed by atoms with Gasteiger partial charge in [-0.1, -0.05) is 12.1 Å².